The Bertz CT molecular complexity index is 402. The largest absolute Gasteiger partial charge is 0.411 e. The summed E-state index contributed by atoms with van der Waals surface area (Å²) < 4.78 is 50.8. The van der Waals surface area contributed by atoms with Crippen molar-refractivity contribution in [2.24, 2.45) is 0 Å². The molecule has 1 rings (SSSR count). The topological polar surface area (TPSA) is 38.3 Å². The summed E-state index contributed by atoms with van der Waals surface area (Å²) in [5.74, 6) is -1.46. The first-order chi connectivity index (χ1) is 8.34. The average Bonchev–Trinajstić information content (AvgIpc) is 2.29. The molecule has 0 heterocycles. The van der Waals surface area contributed by atoms with E-state index in [4.69, 9.17) is 0 Å². The summed E-state index contributed by atoms with van der Waals surface area (Å²) in [7, 11) is 0. The number of alkyl halides is 3. The molecule has 0 amide bonds. The van der Waals surface area contributed by atoms with Crippen molar-refractivity contribution in [2.75, 3.05) is 0 Å². The molecule has 0 aromatic heterocycles. The van der Waals surface area contributed by atoms with Gasteiger partial charge >= 0.3 is 12.1 Å². The van der Waals surface area contributed by atoms with Crippen LogP contribution in [-0.4, -0.2) is 12.1 Å². The van der Waals surface area contributed by atoms with Gasteiger partial charge in [0.25, 0.3) is 0 Å². The van der Waals surface area contributed by atoms with E-state index in [1.165, 1.54) is 6.92 Å². The van der Waals surface area contributed by atoms with Gasteiger partial charge in [0.15, 0.2) is 6.04 Å². The molecule has 0 aliphatic carbocycles. The van der Waals surface area contributed by atoms with Gasteiger partial charge < -0.3 is 4.84 Å². The van der Waals surface area contributed by atoms with Gasteiger partial charge in [0.1, 0.15) is 5.82 Å². The zero-order valence-electron chi connectivity index (χ0n) is 9.42. The van der Waals surface area contributed by atoms with Crippen LogP contribution < -0.4 is 5.48 Å². The van der Waals surface area contributed by atoms with Crippen LogP contribution in [0.1, 0.15) is 24.9 Å². The second-order valence-electron chi connectivity index (χ2n) is 3.47. The van der Waals surface area contributed by atoms with Crippen LogP contribution in [0, 0.1) is 5.82 Å². The molecule has 1 aromatic rings. The van der Waals surface area contributed by atoms with E-state index in [1.54, 1.807) is 5.48 Å². The van der Waals surface area contributed by atoms with Crippen LogP contribution in [0.5, 0.6) is 0 Å². The third-order valence-corrected chi connectivity index (χ3v) is 2.11. The Morgan fingerprint density at radius 3 is 2.33 bits per heavy atom. The molecule has 1 unspecified atom stereocenters. The number of nitrogens with one attached hydrogen (secondary N) is 1. The Labute approximate surface area is 101 Å². The number of carbonyl (C=O) groups excluding carboxylic acids is 1. The lowest BCUT2D eigenvalue weighted by Gasteiger charge is -2.21. The van der Waals surface area contributed by atoms with E-state index in [-0.39, 0.29) is 12.0 Å². The molecule has 0 saturated heterocycles. The van der Waals surface area contributed by atoms with Crippen molar-refractivity contribution in [3.05, 3.63) is 35.6 Å². The first-order valence-corrected chi connectivity index (χ1v) is 5.12. The summed E-state index contributed by atoms with van der Waals surface area (Å²) in [6.07, 6.45) is -4.72. The van der Waals surface area contributed by atoms with E-state index in [0.717, 1.165) is 24.3 Å². The van der Waals surface area contributed by atoms with E-state index >= 15 is 0 Å². The fourth-order valence-electron chi connectivity index (χ4n) is 1.18. The van der Waals surface area contributed by atoms with Gasteiger partial charge in [0, 0.05) is 6.42 Å². The zero-order chi connectivity index (χ0) is 13.8. The van der Waals surface area contributed by atoms with Gasteiger partial charge in [0.05, 0.1) is 0 Å². The first-order valence-electron chi connectivity index (χ1n) is 5.12. The average molecular weight is 265 g/mol. The minimum atomic E-state index is -4.66. The number of rotatable bonds is 4. The van der Waals surface area contributed by atoms with Crippen LogP contribution in [0.3, 0.4) is 0 Å². The van der Waals surface area contributed by atoms with Crippen molar-refractivity contribution < 1.29 is 27.2 Å². The lowest BCUT2D eigenvalue weighted by molar-refractivity contribution is -0.192. The third kappa shape index (κ3) is 3.99. The van der Waals surface area contributed by atoms with Crippen molar-refractivity contribution in [3.63, 3.8) is 0 Å². The van der Waals surface area contributed by atoms with Crippen molar-refractivity contribution in [2.45, 2.75) is 25.6 Å². The quantitative estimate of drug-likeness (QED) is 0.672. The molecule has 1 atom stereocenters. The molecule has 1 N–H and O–H groups in total. The molecule has 100 valence electrons. The molecule has 1 aromatic carbocycles. The second-order valence-corrected chi connectivity index (χ2v) is 3.47. The van der Waals surface area contributed by atoms with Crippen LogP contribution in [-0.2, 0) is 9.63 Å². The SMILES string of the molecule is CCC(=O)ONC(c1ccc(F)cc1)C(F)(F)F. The van der Waals surface area contributed by atoms with Crippen molar-refractivity contribution in [1.82, 2.24) is 5.48 Å². The molecule has 7 heteroatoms. The molecule has 0 aliphatic rings. The summed E-state index contributed by atoms with van der Waals surface area (Å²) in [5.41, 5.74) is 1.41. The number of hydrogen-bond acceptors (Lipinski definition) is 3. The summed E-state index contributed by atoms with van der Waals surface area (Å²) in [4.78, 5) is 15.1. The maximum Gasteiger partial charge on any atom is 0.411 e. The Morgan fingerprint density at radius 2 is 1.89 bits per heavy atom. The van der Waals surface area contributed by atoms with E-state index in [9.17, 15) is 22.4 Å². The molecule has 0 bridgehead atoms. The predicted octanol–water partition coefficient (Wildman–Crippen LogP) is 2.89. The standard InChI is InChI=1S/C11H11F4NO2/c1-2-9(17)18-16-10(11(13,14)15)7-3-5-8(12)6-4-7/h3-6,10,16H,2H2,1H3. The Balaban J connectivity index is 2.85. The third-order valence-electron chi connectivity index (χ3n) is 2.11. The molecule has 0 radical (unpaired) electrons. The maximum atomic E-state index is 12.7. The molecule has 0 aliphatic heterocycles. The summed E-state index contributed by atoms with van der Waals surface area (Å²) >= 11 is 0. The van der Waals surface area contributed by atoms with Gasteiger partial charge in [-0.2, -0.15) is 13.2 Å². The molecular formula is C11H11F4NO2. The van der Waals surface area contributed by atoms with Crippen molar-refractivity contribution in [1.29, 1.82) is 0 Å². The van der Waals surface area contributed by atoms with Crippen molar-refractivity contribution >= 4 is 5.97 Å². The van der Waals surface area contributed by atoms with Crippen LogP contribution in [0.25, 0.3) is 0 Å². The fraction of sp³-hybridized carbons (Fsp3) is 0.364. The molecule has 3 nitrogen and oxygen atoms in total. The van der Waals surface area contributed by atoms with Gasteiger partial charge in [-0.25, -0.2) is 4.39 Å². The van der Waals surface area contributed by atoms with Crippen LogP contribution in [0.2, 0.25) is 0 Å². The highest BCUT2D eigenvalue weighted by molar-refractivity contribution is 5.68. The van der Waals surface area contributed by atoms with Gasteiger partial charge in [-0.05, 0) is 17.7 Å². The molecular weight excluding hydrogens is 254 g/mol. The minimum Gasteiger partial charge on any atom is -0.370 e. The van der Waals surface area contributed by atoms with Crippen molar-refractivity contribution in [3.8, 4) is 0 Å². The number of carbonyl (C=O) groups is 1. The summed E-state index contributed by atoms with van der Waals surface area (Å²) in [5, 5.41) is 0. The monoisotopic (exact) mass is 265 g/mol. The van der Waals surface area contributed by atoms with Crippen LogP contribution >= 0.6 is 0 Å². The molecule has 0 spiro atoms. The lowest BCUT2D eigenvalue weighted by Crippen LogP contribution is -2.35. The highest BCUT2D eigenvalue weighted by atomic mass is 19.4. The van der Waals surface area contributed by atoms with E-state index in [2.05, 4.69) is 4.84 Å². The highest BCUT2D eigenvalue weighted by Gasteiger charge is 2.41. The Hall–Kier alpha value is -1.63. The van der Waals surface area contributed by atoms with Crippen LogP contribution in [0.15, 0.2) is 24.3 Å². The molecule has 0 saturated carbocycles. The van der Waals surface area contributed by atoms with E-state index in [0.29, 0.717) is 0 Å². The number of hydroxylamine groups is 1. The fourth-order valence-corrected chi connectivity index (χ4v) is 1.18. The molecule has 18 heavy (non-hydrogen) atoms. The predicted molar refractivity (Wildman–Crippen MR) is 54.7 cm³/mol. The Kier molecular flexibility index (Phi) is 4.66. The lowest BCUT2D eigenvalue weighted by atomic mass is 10.1. The van der Waals surface area contributed by atoms with Crippen LogP contribution in [0.4, 0.5) is 17.6 Å². The van der Waals surface area contributed by atoms with E-state index in [1.807, 2.05) is 0 Å². The van der Waals surface area contributed by atoms with Gasteiger partial charge in [0.2, 0.25) is 0 Å². The van der Waals surface area contributed by atoms with Gasteiger partial charge in [-0.1, -0.05) is 19.1 Å². The summed E-state index contributed by atoms with van der Waals surface area (Å²) in [6.45, 7) is 1.45. The molecule has 0 fully saturated rings. The van der Waals surface area contributed by atoms with Gasteiger partial charge in [-0.3, -0.25) is 4.79 Å². The minimum absolute atomic E-state index is 0.0546. The first kappa shape index (κ1) is 14.4. The normalized spacial score (nSPS) is 13.2. The van der Waals surface area contributed by atoms with E-state index < -0.39 is 24.0 Å². The smallest absolute Gasteiger partial charge is 0.370 e. The highest BCUT2D eigenvalue weighted by Crippen LogP contribution is 2.32. The van der Waals surface area contributed by atoms with Gasteiger partial charge in [-0.15, -0.1) is 5.48 Å². The number of benzene rings is 1. The zero-order valence-corrected chi connectivity index (χ0v) is 9.42. The number of halogens is 4. The second kappa shape index (κ2) is 5.81. The maximum absolute atomic E-state index is 12.7. The number of hydrogen-bond donors (Lipinski definition) is 1. The Morgan fingerprint density at radius 1 is 1.33 bits per heavy atom. The summed E-state index contributed by atoms with van der Waals surface area (Å²) in [6, 6.07) is 1.56.